The minimum atomic E-state index is -3.62. The van der Waals surface area contributed by atoms with Crippen molar-refractivity contribution in [1.82, 2.24) is 25.1 Å². The van der Waals surface area contributed by atoms with E-state index < -0.39 is 10.0 Å². The highest BCUT2D eigenvalue weighted by Gasteiger charge is 2.25. The molecular weight excluding hydrogens is 358 g/mol. The van der Waals surface area contributed by atoms with Crippen molar-refractivity contribution in [2.75, 3.05) is 46.9 Å². The lowest BCUT2D eigenvalue weighted by atomic mass is 10.2. The Balaban J connectivity index is 1.80. The van der Waals surface area contributed by atoms with Crippen LogP contribution in [0.3, 0.4) is 0 Å². The summed E-state index contributed by atoms with van der Waals surface area (Å²) in [5.41, 5.74) is 0.560. The molecule has 1 fully saturated rings. The Kier molecular flexibility index (Phi) is 5.99. The first-order chi connectivity index (χ1) is 12.5. The molecule has 1 unspecified atom stereocenters. The lowest BCUT2D eigenvalue weighted by molar-refractivity contribution is 0.190. The van der Waals surface area contributed by atoms with Gasteiger partial charge in [-0.3, -0.25) is 4.90 Å². The maximum absolute atomic E-state index is 12.3. The number of nitrogens with zero attached hydrogens (tertiary/aromatic N) is 3. The summed E-state index contributed by atoms with van der Waals surface area (Å²) in [5, 5.41) is 7.37. The number of nitrogens with one attached hydrogen (secondary N) is 2. The zero-order chi connectivity index (χ0) is 18.6. The van der Waals surface area contributed by atoms with E-state index in [1.165, 1.54) is 19.2 Å². The van der Waals surface area contributed by atoms with Crippen LogP contribution in [0.2, 0.25) is 0 Å². The van der Waals surface area contributed by atoms with Gasteiger partial charge in [0.1, 0.15) is 0 Å². The van der Waals surface area contributed by atoms with E-state index in [0.29, 0.717) is 23.9 Å². The van der Waals surface area contributed by atoms with Crippen LogP contribution in [0.15, 0.2) is 33.7 Å². The molecule has 3 rings (SSSR count). The fourth-order valence-corrected chi connectivity index (χ4v) is 3.80. The molecule has 1 atom stereocenters. The Morgan fingerprint density at radius 1 is 1.46 bits per heavy atom. The van der Waals surface area contributed by atoms with Crippen molar-refractivity contribution >= 4 is 10.0 Å². The summed E-state index contributed by atoms with van der Waals surface area (Å²) < 4.78 is 37.4. The van der Waals surface area contributed by atoms with Gasteiger partial charge in [0.05, 0.1) is 17.5 Å². The molecule has 0 amide bonds. The van der Waals surface area contributed by atoms with Crippen LogP contribution < -0.4 is 10.0 Å². The average Bonchev–Trinajstić information content (AvgIpc) is 3.12. The van der Waals surface area contributed by atoms with E-state index in [1.54, 1.807) is 12.1 Å². The first-order valence-electron chi connectivity index (χ1n) is 8.35. The van der Waals surface area contributed by atoms with Gasteiger partial charge in [0, 0.05) is 38.9 Å². The summed E-state index contributed by atoms with van der Waals surface area (Å²) in [7, 11) is -0.0940. The predicted molar refractivity (Wildman–Crippen MR) is 95.0 cm³/mol. The molecule has 2 heterocycles. The number of methoxy groups -OCH3 is 1. The molecule has 1 saturated heterocycles. The third kappa shape index (κ3) is 4.27. The van der Waals surface area contributed by atoms with Crippen LogP contribution in [-0.4, -0.2) is 70.4 Å². The maximum Gasteiger partial charge on any atom is 0.258 e. The molecule has 10 heteroatoms. The minimum Gasteiger partial charge on any atom is -0.383 e. The van der Waals surface area contributed by atoms with Crippen molar-refractivity contribution in [2.24, 2.45) is 0 Å². The molecule has 0 radical (unpaired) electrons. The molecule has 0 bridgehead atoms. The van der Waals surface area contributed by atoms with E-state index in [1.807, 2.05) is 7.05 Å². The number of benzene rings is 1. The van der Waals surface area contributed by atoms with Crippen molar-refractivity contribution in [2.45, 2.75) is 10.9 Å². The van der Waals surface area contributed by atoms with E-state index in [0.717, 1.165) is 19.6 Å². The van der Waals surface area contributed by atoms with E-state index in [-0.39, 0.29) is 17.5 Å². The third-order valence-electron chi connectivity index (χ3n) is 4.24. The normalized spacial score (nSPS) is 18.9. The maximum atomic E-state index is 12.3. The zero-order valence-electron chi connectivity index (χ0n) is 14.8. The Morgan fingerprint density at radius 3 is 3.08 bits per heavy atom. The highest BCUT2D eigenvalue weighted by atomic mass is 32.2. The van der Waals surface area contributed by atoms with Crippen molar-refractivity contribution < 1.29 is 17.7 Å². The van der Waals surface area contributed by atoms with E-state index in [9.17, 15) is 8.42 Å². The molecule has 1 aliphatic rings. The van der Waals surface area contributed by atoms with E-state index in [4.69, 9.17) is 9.26 Å². The summed E-state index contributed by atoms with van der Waals surface area (Å²) >= 11 is 0. The molecule has 1 aromatic carbocycles. The third-order valence-corrected chi connectivity index (χ3v) is 5.70. The Hall–Kier alpha value is -1.85. The van der Waals surface area contributed by atoms with Gasteiger partial charge in [0.2, 0.25) is 10.0 Å². The standard InChI is InChI=1S/C16H23N5O4S/c1-21-8-6-17-11-14(21)15-19-16(25-20-15)12-4-3-5-13(10-12)26(22,23)18-7-9-24-2/h3-5,10,14,17-18H,6-9,11H2,1-2H3. The molecule has 1 aliphatic heterocycles. The monoisotopic (exact) mass is 381 g/mol. The van der Waals surface area contributed by atoms with Crippen LogP contribution in [0, 0.1) is 0 Å². The zero-order valence-corrected chi connectivity index (χ0v) is 15.6. The van der Waals surface area contributed by atoms with Gasteiger partial charge in [-0.1, -0.05) is 11.2 Å². The molecule has 2 aromatic rings. The molecule has 0 aliphatic carbocycles. The number of sulfonamides is 1. The number of hydrogen-bond donors (Lipinski definition) is 2. The second kappa shape index (κ2) is 8.23. The number of hydrogen-bond acceptors (Lipinski definition) is 8. The average molecular weight is 381 g/mol. The predicted octanol–water partition coefficient (Wildman–Crippen LogP) is 0.237. The van der Waals surface area contributed by atoms with Crippen LogP contribution in [0.5, 0.6) is 0 Å². The Bertz CT molecular complexity index is 839. The summed E-state index contributed by atoms with van der Waals surface area (Å²) in [5.74, 6) is 0.883. The number of piperazine rings is 1. The smallest absolute Gasteiger partial charge is 0.258 e. The Labute approximate surface area is 152 Å². The highest BCUT2D eigenvalue weighted by molar-refractivity contribution is 7.89. The molecule has 1 aromatic heterocycles. The van der Waals surface area contributed by atoms with Gasteiger partial charge in [-0.05, 0) is 25.2 Å². The van der Waals surface area contributed by atoms with Crippen LogP contribution in [0.4, 0.5) is 0 Å². The highest BCUT2D eigenvalue weighted by Crippen LogP contribution is 2.24. The lowest BCUT2D eigenvalue weighted by Crippen LogP contribution is -2.44. The van der Waals surface area contributed by atoms with Crippen LogP contribution >= 0.6 is 0 Å². The topological polar surface area (TPSA) is 110 Å². The lowest BCUT2D eigenvalue weighted by Gasteiger charge is -2.30. The van der Waals surface area contributed by atoms with Gasteiger partial charge in [-0.25, -0.2) is 13.1 Å². The molecule has 142 valence electrons. The van der Waals surface area contributed by atoms with E-state index in [2.05, 4.69) is 25.1 Å². The fourth-order valence-electron chi connectivity index (χ4n) is 2.74. The van der Waals surface area contributed by atoms with Gasteiger partial charge in [0.15, 0.2) is 5.82 Å². The van der Waals surface area contributed by atoms with Crippen LogP contribution in [0.25, 0.3) is 11.5 Å². The molecule has 0 spiro atoms. The number of rotatable bonds is 7. The van der Waals surface area contributed by atoms with Crippen molar-refractivity contribution in [1.29, 1.82) is 0 Å². The van der Waals surface area contributed by atoms with Gasteiger partial charge in [-0.15, -0.1) is 0 Å². The summed E-state index contributed by atoms with van der Waals surface area (Å²) in [6.07, 6.45) is 0. The number of aromatic nitrogens is 2. The number of ether oxygens (including phenoxy) is 1. The van der Waals surface area contributed by atoms with Gasteiger partial charge < -0.3 is 14.6 Å². The second-order valence-electron chi connectivity index (χ2n) is 6.08. The van der Waals surface area contributed by atoms with Gasteiger partial charge >= 0.3 is 0 Å². The first-order valence-corrected chi connectivity index (χ1v) is 9.83. The largest absolute Gasteiger partial charge is 0.383 e. The molecule has 0 saturated carbocycles. The second-order valence-corrected chi connectivity index (χ2v) is 7.84. The summed E-state index contributed by atoms with van der Waals surface area (Å²) in [6.45, 7) is 3.07. The van der Waals surface area contributed by atoms with Crippen molar-refractivity contribution in [3.8, 4) is 11.5 Å². The first kappa shape index (κ1) is 18.9. The summed E-state index contributed by atoms with van der Waals surface area (Å²) in [4.78, 5) is 6.76. The molecule has 26 heavy (non-hydrogen) atoms. The van der Waals surface area contributed by atoms with Crippen molar-refractivity contribution in [3.63, 3.8) is 0 Å². The molecular formula is C16H23N5O4S. The number of likely N-dealkylation sites (N-methyl/N-ethyl adjacent to an activating group) is 1. The van der Waals surface area contributed by atoms with Crippen LogP contribution in [0.1, 0.15) is 11.9 Å². The van der Waals surface area contributed by atoms with Gasteiger partial charge in [-0.2, -0.15) is 4.98 Å². The summed E-state index contributed by atoms with van der Waals surface area (Å²) in [6, 6.07) is 6.47. The van der Waals surface area contributed by atoms with E-state index >= 15 is 0 Å². The quantitative estimate of drug-likeness (QED) is 0.657. The SMILES string of the molecule is COCCNS(=O)(=O)c1cccc(-c2nc(C3CNCCN3C)no2)c1. The van der Waals surface area contributed by atoms with Crippen molar-refractivity contribution in [3.05, 3.63) is 30.1 Å². The fraction of sp³-hybridized carbons (Fsp3) is 0.500. The Morgan fingerprint density at radius 2 is 2.31 bits per heavy atom. The molecule has 2 N–H and O–H groups in total. The minimum absolute atomic E-state index is 0.0314. The molecule has 9 nitrogen and oxygen atoms in total. The van der Waals surface area contributed by atoms with Gasteiger partial charge in [0.25, 0.3) is 5.89 Å². The van der Waals surface area contributed by atoms with Crippen LogP contribution in [-0.2, 0) is 14.8 Å².